The summed E-state index contributed by atoms with van der Waals surface area (Å²) in [6.45, 7) is 2.85. The van der Waals surface area contributed by atoms with Gasteiger partial charge in [-0.3, -0.25) is 9.69 Å². The van der Waals surface area contributed by atoms with Crippen LogP contribution in [-0.2, 0) is 6.54 Å². The second-order valence-electron chi connectivity index (χ2n) is 7.47. The minimum absolute atomic E-state index is 0.130. The van der Waals surface area contributed by atoms with Gasteiger partial charge in [0.2, 0.25) is 0 Å². The number of aromatic nitrogens is 1. The maximum atomic E-state index is 13.6. The van der Waals surface area contributed by atoms with E-state index in [4.69, 9.17) is 14.1 Å². The topological polar surface area (TPSA) is 55.6 Å². The van der Waals surface area contributed by atoms with Crippen molar-refractivity contribution in [1.29, 1.82) is 0 Å². The Labute approximate surface area is 195 Å². The third-order valence-corrected chi connectivity index (χ3v) is 6.31. The molecule has 2 aromatic heterocycles. The van der Waals surface area contributed by atoms with Crippen LogP contribution in [0.1, 0.15) is 23.0 Å². The lowest BCUT2D eigenvalue weighted by Gasteiger charge is -2.19. The minimum atomic E-state index is -0.130. The van der Waals surface area contributed by atoms with Gasteiger partial charge in [-0.25, -0.2) is 4.98 Å². The van der Waals surface area contributed by atoms with Crippen LogP contribution in [0.5, 0.6) is 5.75 Å². The summed E-state index contributed by atoms with van der Waals surface area (Å²) in [4.78, 5) is 20.0. The van der Waals surface area contributed by atoms with Crippen molar-refractivity contribution in [2.24, 2.45) is 0 Å². The van der Waals surface area contributed by atoms with Crippen LogP contribution in [0.3, 0.4) is 0 Å². The molecule has 5 aromatic rings. The van der Waals surface area contributed by atoms with Crippen molar-refractivity contribution in [2.45, 2.75) is 13.5 Å². The predicted molar refractivity (Wildman–Crippen MR) is 132 cm³/mol. The van der Waals surface area contributed by atoms with E-state index in [1.165, 1.54) is 11.3 Å². The highest BCUT2D eigenvalue weighted by atomic mass is 32.1. The van der Waals surface area contributed by atoms with Gasteiger partial charge in [0.25, 0.3) is 5.91 Å². The molecule has 0 aliphatic rings. The van der Waals surface area contributed by atoms with E-state index in [0.29, 0.717) is 29.6 Å². The lowest BCUT2D eigenvalue weighted by molar-refractivity contribution is 0.0983. The zero-order valence-corrected chi connectivity index (χ0v) is 18.9. The fourth-order valence-corrected chi connectivity index (χ4v) is 4.63. The lowest BCUT2D eigenvalue weighted by Crippen LogP contribution is -2.30. The fraction of sp³-hybridized carbons (Fsp3) is 0.111. The summed E-state index contributed by atoms with van der Waals surface area (Å²) < 4.78 is 12.1. The molecule has 2 heterocycles. The van der Waals surface area contributed by atoms with Gasteiger partial charge in [0, 0.05) is 5.56 Å². The van der Waals surface area contributed by atoms with Crippen molar-refractivity contribution in [1.82, 2.24) is 4.98 Å². The molecule has 0 N–H and O–H groups in total. The van der Waals surface area contributed by atoms with E-state index in [1.54, 1.807) is 11.2 Å². The molecular formula is C27H22N2O3S. The summed E-state index contributed by atoms with van der Waals surface area (Å²) in [6.07, 6.45) is 1.61. The summed E-state index contributed by atoms with van der Waals surface area (Å²) >= 11 is 1.46. The third kappa shape index (κ3) is 4.52. The number of ether oxygens (including phenoxy) is 1. The van der Waals surface area contributed by atoms with Gasteiger partial charge in [0.15, 0.2) is 5.13 Å². The average molecular weight is 455 g/mol. The van der Waals surface area contributed by atoms with E-state index in [2.05, 4.69) is 12.1 Å². The lowest BCUT2D eigenvalue weighted by atomic mass is 10.0. The largest absolute Gasteiger partial charge is 0.494 e. The minimum Gasteiger partial charge on any atom is -0.494 e. The van der Waals surface area contributed by atoms with Crippen molar-refractivity contribution in [3.63, 3.8) is 0 Å². The molecule has 0 aliphatic heterocycles. The second-order valence-corrected chi connectivity index (χ2v) is 8.48. The number of hydrogen-bond donors (Lipinski definition) is 0. The molecule has 6 heteroatoms. The quantitative estimate of drug-likeness (QED) is 0.271. The van der Waals surface area contributed by atoms with Crippen molar-refractivity contribution >= 4 is 32.6 Å². The maximum absolute atomic E-state index is 13.6. The average Bonchev–Trinajstić information content (AvgIpc) is 3.52. The first-order chi connectivity index (χ1) is 16.2. The Balaban J connectivity index is 1.48. The number of rotatable bonds is 7. The monoisotopic (exact) mass is 454 g/mol. The Morgan fingerprint density at radius 1 is 0.970 bits per heavy atom. The number of benzene rings is 3. The SMILES string of the molecule is CCOc1ccc2nc(N(Cc3ccco3)C(=O)c3ccc(-c4ccccc4)cc3)sc2c1. The van der Waals surface area contributed by atoms with Crippen LogP contribution in [0.15, 0.2) is 95.6 Å². The first-order valence-corrected chi connectivity index (χ1v) is 11.6. The molecule has 1 amide bonds. The van der Waals surface area contributed by atoms with Gasteiger partial charge in [-0.05, 0) is 60.5 Å². The molecule has 0 spiro atoms. The highest BCUT2D eigenvalue weighted by Crippen LogP contribution is 2.33. The number of furan rings is 1. The Hall–Kier alpha value is -3.90. The van der Waals surface area contributed by atoms with Crippen LogP contribution in [0.4, 0.5) is 5.13 Å². The fourth-order valence-electron chi connectivity index (χ4n) is 3.64. The van der Waals surface area contributed by atoms with Crippen LogP contribution in [0.25, 0.3) is 21.3 Å². The zero-order valence-electron chi connectivity index (χ0n) is 18.1. The van der Waals surface area contributed by atoms with Crippen LogP contribution < -0.4 is 9.64 Å². The van der Waals surface area contributed by atoms with Crippen molar-refractivity contribution in [3.8, 4) is 16.9 Å². The molecule has 33 heavy (non-hydrogen) atoms. The third-order valence-electron chi connectivity index (χ3n) is 5.27. The van der Waals surface area contributed by atoms with E-state index in [9.17, 15) is 4.79 Å². The number of carbonyl (C=O) groups is 1. The summed E-state index contributed by atoms with van der Waals surface area (Å²) in [5, 5.41) is 0.618. The standard InChI is InChI=1S/C27H22N2O3S/c1-2-31-22-14-15-24-25(17-22)33-27(28-24)29(18-23-9-6-16-32-23)26(30)21-12-10-20(11-13-21)19-7-4-3-5-8-19/h3-17H,2,18H2,1H3. The highest BCUT2D eigenvalue weighted by molar-refractivity contribution is 7.22. The summed E-state index contributed by atoms with van der Waals surface area (Å²) in [5.74, 6) is 1.36. The second kappa shape index (κ2) is 9.30. The molecule has 0 fully saturated rings. The van der Waals surface area contributed by atoms with Gasteiger partial charge in [0.05, 0.1) is 29.6 Å². The van der Waals surface area contributed by atoms with E-state index in [0.717, 1.165) is 27.1 Å². The normalized spacial score (nSPS) is 10.9. The molecule has 0 atom stereocenters. The molecule has 164 valence electrons. The highest BCUT2D eigenvalue weighted by Gasteiger charge is 2.23. The van der Waals surface area contributed by atoms with Gasteiger partial charge >= 0.3 is 0 Å². The van der Waals surface area contributed by atoms with E-state index in [1.807, 2.05) is 79.7 Å². The molecule has 0 aliphatic carbocycles. The zero-order chi connectivity index (χ0) is 22.6. The Morgan fingerprint density at radius 2 is 1.76 bits per heavy atom. The molecule has 0 bridgehead atoms. The van der Waals surface area contributed by atoms with Crippen LogP contribution in [0, 0.1) is 0 Å². The number of amides is 1. The molecule has 3 aromatic carbocycles. The Bertz CT molecular complexity index is 1360. The van der Waals surface area contributed by atoms with Gasteiger partial charge in [-0.15, -0.1) is 0 Å². The maximum Gasteiger partial charge on any atom is 0.260 e. The smallest absolute Gasteiger partial charge is 0.260 e. The van der Waals surface area contributed by atoms with Crippen LogP contribution in [0.2, 0.25) is 0 Å². The molecule has 5 nitrogen and oxygen atoms in total. The van der Waals surface area contributed by atoms with E-state index < -0.39 is 0 Å². The molecule has 0 saturated carbocycles. The summed E-state index contributed by atoms with van der Waals surface area (Å²) in [7, 11) is 0. The van der Waals surface area contributed by atoms with E-state index in [-0.39, 0.29) is 5.91 Å². The number of anilines is 1. The molecule has 0 saturated heterocycles. The van der Waals surface area contributed by atoms with Gasteiger partial charge < -0.3 is 9.15 Å². The van der Waals surface area contributed by atoms with Gasteiger partial charge in [-0.1, -0.05) is 53.8 Å². The molecule has 0 radical (unpaired) electrons. The Morgan fingerprint density at radius 3 is 2.48 bits per heavy atom. The predicted octanol–water partition coefficient (Wildman–Crippen LogP) is 6.80. The van der Waals surface area contributed by atoms with E-state index >= 15 is 0 Å². The molecular weight excluding hydrogens is 432 g/mol. The first-order valence-electron chi connectivity index (χ1n) is 10.7. The van der Waals surface area contributed by atoms with Gasteiger partial charge in [-0.2, -0.15) is 0 Å². The van der Waals surface area contributed by atoms with Crippen LogP contribution in [-0.4, -0.2) is 17.5 Å². The summed E-state index contributed by atoms with van der Waals surface area (Å²) in [6, 6.07) is 27.2. The molecule has 0 unspecified atom stereocenters. The van der Waals surface area contributed by atoms with Gasteiger partial charge in [0.1, 0.15) is 11.5 Å². The van der Waals surface area contributed by atoms with Crippen molar-refractivity contribution in [2.75, 3.05) is 11.5 Å². The first kappa shape index (κ1) is 21.0. The summed E-state index contributed by atoms with van der Waals surface area (Å²) in [5.41, 5.74) is 3.60. The number of nitrogens with zero attached hydrogens (tertiary/aromatic N) is 2. The number of hydrogen-bond acceptors (Lipinski definition) is 5. The van der Waals surface area contributed by atoms with Crippen molar-refractivity contribution < 1.29 is 13.9 Å². The molecule has 5 rings (SSSR count). The Kier molecular flexibility index (Phi) is 5.91. The number of thiazole rings is 1. The van der Waals surface area contributed by atoms with Crippen LogP contribution >= 0.6 is 11.3 Å². The number of carbonyl (C=O) groups excluding carboxylic acids is 1. The number of fused-ring (bicyclic) bond motifs is 1. The van der Waals surface area contributed by atoms with Crippen molar-refractivity contribution in [3.05, 3.63) is 103 Å².